The van der Waals surface area contributed by atoms with E-state index in [9.17, 15) is 9.59 Å². The maximum Gasteiger partial charge on any atom is 0.235 e. The average Bonchev–Trinajstić information content (AvgIpc) is 3.47. The topological polar surface area (TPSA) is 93.9 Å². The van der Waals surface area contributed by atoms with E-state index >= 15 is 0 Å². The molecule has 150 valence electrons. The largest absolute Gasteiger partial charge is 0.497 e. The van der Waals surface area contributed by atoms with Gasteiger partial charge in [0.2, 0.25) is 11.8 Å². The maximum absolute atomic E-state index is 13.2. The molecule has 1 N–H and O–H groups in total. The van der Waals surface area contributed by atoms with E-state index in [1.807, 2.05) is 36.4 Å². The molecule has 4 atom stereocenters. The van der Waals surface area contributed by atoms with Gasteiger partial charge in [0.25, 0.3) is 0 Å². The van der Waals surface area contributed by atoms with E-state index in [4.69, 9.17) is 14.0 Å². The lowest BCUT2D eigenvalue weighted by Crippen LogP contribution is -2.44. The highest BCUT2D eigenvalue weighted by atomic mass is 16.5. The van der Waals surface area contributed by atoms with Gasteiger partial charge in [0, 0.05) is 12.6 Å². The third kappa shape index (κ3) is 2.74. The van der Waals surface area contributed by atoms with Crippen LogP contribution < -0.4 is 15.0 Å². The van der Waals surface area contributed by atoms with Crippen molar-refractivity contribution >= 4 is 17.6 Å². The Balaban J connectivity index is 1.35. The Hall–Kier alpha value is -3.13. The first-order valence-corrected chi connectivity index (χ1v) is 9.53. The SMILES string of the molecule is COc1cccc(CNC(=O)[C@@H]2[C@H]3C=C[C@]4(CN(c5cc(C)on5)C(=O)[C@@H]24)O3)c1. The van der Waals surface area contributed by atoms with Gasteiger partial charge in [-0.2, -0.15) is 0 Å². The molecule has 2 aromatic rings. The first-order chi connectivity index (χ1) is 14.0. The summed E-state index contributed by atoms with van der Waals surface area (Å²) in [6, 6.07) is 9.22. The summed E-state index contributed by atoms with van der Waals surface area (Å²) in [6.45, 7) is 2.45. The molecule has 2 bridgehead atoms. The molecule has 29 heavy (non-hydrogen) atoms. The van der Waals surface area contributed by atoms with Gasteiger partial charge in [-0.3, -0.25) is 14.5 Å². The molecule has 0 saturated carbocycles. The van der Waals surface area contributed by atoms with Gasteiger partial charge in [0.15, 0.2) is 5.82 Å². The van der Waals surface area contributed by atoms with Crippen LogP contribution in [0.3, 0.4) is 0 Å². The summed E-state index contributed by atoms with van der Waals surface area (Å²) in [5.41, 5.74) is 0.136. The van der Waals surface area contributed by atoms with E-state index in [0.29, 0.717) is 24.7 Å². The number of aryl methyl sites for hydroxylation is 1. The minimum Gasteiger partial charge on any atom is -0.497 e. The lowest BCUT2D eigenvalue weighted by atomic mass is 9.77. The van der Waals surface area contributed by atoms with Gasteiger partial charge in [-0.05, 0) is 24.6 Å². The number of nitrogens with zero attached hydrogens (tertiary/aromatic N) is 2. The standard InChI is InChI=1S/C21H21N3O5/c1-12-8-16(23-29-12)24-11-21-7-6-15(28-21)17(18(21)20(24)26)19(25)22-10-13-4-3-5-14(9-13)27-2/h3-9,15,17-18H,10-11H2,1-2H3,(H,22,25)/t15-,17-,18-,21-/m1/s1. The van der Waals surface area contributed by atoms with Crippen LogP contribution in [-0.4, -0.2) is 42.3 Å². The molecule has 2 amide bonds. The Kier molecular flexibility index (Phi) is 3.99. The summed E-state index contributed by atoms with van der Waals surface area (Å²) in [5, 5.41) is 6.91. The number of hydrogen-bond acceptors (Lipinski definition) is 6. The Morgan fingerprint density at radius 2 is 2.28 bits per heavy atom. The third-order valence-electron chi connectivity index (χ3n) is 5.90. The van der Waals surface area contributed by atoms with Gasteiger partial charge >= 0.3 is 0 Å². The van der Waals surface area contributed by atoms with Crippen molar-refractivity contribution in [3.8, 4) is 5.75 Å². The number of hydrogen-bond donors (Lipinski definition) is 1. The Morgan fingerprint density at radius 1 is 1.41 bits per heavy atom. The van der Waals surface area contributed by atoms with Crippen LogP contribution in [0.4, 0.5) is 5.82 Å². The van der Waals surface area contributed by atoms with E-state index in [1.54, 1.807) is 25.0 Å². The maximum atomic E-state index is 13.2. The van der Waals surface area contributed by atoms with Crippen molar-refractivity contribution < 1.29 is 23.6 Å². The highest BCUT2D eigenvalue weighted by Gasteiger charge is 2.67. The van der Waals surface area contributed by atoms with Crippen LogP contribution >= 0.6 is 0 Å². The molecular weight excluding hydrogens is 374 g/mol. The highest BCUT2D eigenvalue weighted by molar-refractivity contribution is 6.02. The lowest BCUT2D eigenvalue weighted by Gasteiger charge is -2.23. The van der Waals surface area contributed by atoms with Gasteiger partial charge in [0.1, 0.15) is 17.1 Å². The van der Waals surface area contributed by atoms with Crippen LogP contribution in [0.5, 0.6) is 5.75 Å². The van der Waals surface area contributed by atoms with E-state index in [1.165, 1.54) is 0 Å². The van der Waals surface area contributed by atoms with Crippen molar-refractivity contribution in [1.82, 2.24) is 10.5 Å². The molecule has 1 aromatic carbocycles. The average molecular weight is 395 g/mol. The van der Waals surface area contributed by atoms with Crippen molar-refractivity contribution in [1.29, 1.82) is 0 Å². The molecule has 1 aromatic heterocycles. The summed E-state index contributed by atoms with van der Waals surface area (Å²) in [5.74, 6) is 0.303. The van der Waals surface area contributed by atoms with E-state index in [-0.39, 0.29) is 11.8 Å². The number of methoxy groups -OCH3 is 1. The zero-order chi connectivity index (χ0) is 20.2. The van der Waals surface area contributed by atoms with Crippen LogP contribution in [-0.2, 0) is 20.9 Å². The number of carbonyl (C=O) groups is 2. The first-order valence-electron chi connectivity index (χ1n) is 9.53. The quantitative estimate of drug-likeness (QED) is 0.773. The normalized spacial score (nSPS) is 29.4. The molecule has 8 heteroatoms. The zero-order valence-electron chi connectivity index (χ0n) is 16.1. The zero-order valence-corrected chi connectivity index (χ0v) is 16.1. The molecule has 4 heterocycles. The molecular formula is C21H21N3O5. The number of amides is 2. The molecule has 0 unspecified atom stereocenters. The summed E-state index contributed by atoms with van der Waals surface area (Å²) in [6.07, 6.45) is 3.41. The fourth-order valence-electron chi connectivity index (χ4n) is 4.56. The fraction of sp³-hybridized carbons (Fsp3) is 0.381. The van der Waals surface area contributed by atoms with Crippen LogP contribution in [0.1, 0.15) is 11.3 Å². The minimum atomic E-state index is -0.785. The van der Waals surface area contributed by atoms with E-state index < -0.39 is 23.5 Å². The van der Waals surface area contributed by atoms with Gasteiger partial charge in [-0.1, -0.05) is 29.4 Å². The molecule has 0 aliphatic carbocycles. The third-order valence-corrected chi connectivity index (χ3v) is 5.90. The summed E-state index contributed by atoms with van der Waals surface area (Å²) in [7, 11) is 1.60. The predicted octanol–water partition coefficient (Wildman–Crippen LogP) is 1.59. The first kappa shape index (κ1) is 17.9. The summed E-state index contributed by atoms with van der Waals surface area (Å²) >= 11 is 0. The van der Waals surface area contributed by atoms with Gasteiger partial charge in [0.05, 0.1) is 31.6 Å². The second kappa shape index (κ2) is 6.45. The van der Waals surface area contributed by atoms with Crippen LogP contribution in [0.25, 0.3) is 0 Å². The smallest absolute Gasteiger partial charge is 0.235 e. The summed E-state index contributed by atoms with van der Waals surface area (Å²) in [4.78, 5) is 27.8. The van der Waals surface area contributed by atoms with Crippen molar-refractivity contribution in [3.05, 3.63) is 53.8 Å². The number of carbonyl (C=O) groups excluding carboxylic acids is 2. The van der Waals surface area contributed by atoms with Crippen LogP contribution in [0.15, 0.2) is 47.0 Å². The monoisotopic (exact) mass is 395 g/mol. The molecule has 0 radical (unpaired) electrons. The number of ether oxygens (including phenoxy) is 2. The molecule has 8 nitrogen and oxygen atoms in total. The molecule has 3 aliphatic heterocycles. The highest BCUT2D eigenvalue weighted by Crippen LogP contribution is 2.52. The minimum absolute atomic E-state index is 0.160. The van der Waals surface area contributed by atoms with Crippen molar-refractivity contribution in [2.75, 3.05) is 18.6 Å². The molecule has 2 fully saturated rings. The number of nitrogens with one attached hydrogen (secondary N) is 1. The van der Waals surface area contributed by atoms with Crippen LogP contribution in [0.2, 0.25) is 0 Å². The second-order valence-electron chi connectivity index (χ2n) is 7.69. The second-order valence-corrected chi connectivity index (χ2v) is 7.69. The summed E-state index contributed by atoms with van der Waals surface area (Å²) < 4.78 is 16.5. The number of aromatic nitrogens is 1. The lowest BCUT2D eigenvalue weighted by molar-refractivity contribution is -0.132. The molecule has 3 aliphatic rings. The number of rotatable bonds is 5. The van der Waals surface area contributed by atoms with E-state index in [2.05, 4.69) is 10.5 Å². The Morgan fingerprint density at radius 3 is 3.03 bits per heavy atom. The van der Waals surface area contributed by atoms with Crippen molar-refractivity contribution in [3.63, 3.8) is 0 Å². The van der Waals surface area contributed by atoms with Crippen LogP contribution in [0, 0.1) is 18.8 Å². The number of anilines is 1. The van der Waals surface area contributed by atoms with Gasteiger partial charge < -0.3 is 19.3 Å². The molecule has 2 saturated heterocycles. The predicted molar refractivity (Wildman–Crippen MR) is 102 cm³/mol. The van der Waals surface area contributed by atoms with Crippen molar-refractivity contribution in [2.24, 2.45) is 11.8 Å². The number of benzene rings is 1. The Bertz CT molecular complexity index is 1020. The van der Waals surface area contributed by atoms with E-state index in [0.717, 1.165) is 11.3 Å². The fourth-order valence-corrected chi connectivity index (χ4v) is 4.56. The molecule has 5 rings (SSSR count). The van der Waals surface area contributed by atoms with Crippen molar-refractivity contribution in [2.45, 2.75) is 25.2 Å². The Labute approximate surface area is 167 Å². The molecule has 1 spiro atoms. The van der Waals surface area contributed by atoms with Gasteiger partial charge in [-0.25, -0.2) is 0 Å². The van der Waals surface area contributed by atoms with Gasteiger partial charge in [-0.15, -0.1) is 0 Å². The number of fused-ring (bicyclic) bond motifs is 1.